The van der Waals surface area contributed by atoms with Crippen LogP contribution in [0.1, 0.15) is 86.0 Å². The first kappa shape index (κ1) is 17.4. The molecule has 0 radical (unpaired) electrons. The van der Waals surface area contributed by atoms with Crippen LogP contribution in [0.15, 0.2) is 0 Å². The van der Waals surface area contributed by atoms with E-state index in [2.05, 4.69) is 13.8 Å². The Labute approximate surface area is 97.3 Å². The van der Waals surface area contributed by atoms with Crippen LogP contribution in [0, 0.1) is 0 Å². The second-order valence-corrected chi connectivity index (χ2v) is 5.29. The molecule has 15 heavy (non-hydrogen) atoms. The summed E-state index contributed by atoms with van der Waals surface area (Å²) in [5.41, 5.74) is -0.500. The van der Waals surface area contributed by atoms with Crippen LogP contribution in [0.4, 0.5) is 0 Å². The average molecular weight is 216 g/mol. The highest BCUT2D eigenvalue weighted by molar-refractivity contribution is 4.50. The van der Waals surface area contributed by atoms with Gasteiger partial charge in [0, 0.05) is 0 Å². The van der Waals surface area contributed by atoms with Crippen LogP contribution in [0.3, 0.4) is 0 Å². The smallest absolute Gasteiger partial charge is 0.0563 e. The molecule has 0 aliphatic heterocycles. The van der Waals surface area contributed by atoms with Crippen LogP contribution in [0.2, 0.25) is 0 Å². The van der Waals surface area contributed by atoms with E-state index in [0.29, 0.717) is 0 Å². The van der Waals surface area contributed by atoms with Gasteiger partial charge in [-0.2, -0.15) is 0 Å². The molecule has 0 saturated heterocycles. The minimum Gasteiger partial charge on any atom is -0.391 e. The fourth-order valence-corrected chi connectivity index (χ4v) is 1.21. The third-order valence-electron chi connectivity index (χ3n) is 1.96. The van der Waals surface area contributed by atoms with Gasteiger partial charge in [-0.1, -0.05) is 65.2 Å². The lowest BCUT2D eigenvalue weighted by molar-refractivity contribution is 0.102. The molecule has 0 unspecified atom stereocenters. The molecule has 0 heterocycles. The van der Waals surface area contributed by atoms with Gasteiger partial charge in [-0.25, -0.2) is 0 Å². The lowest BCUT2D eigenvalue weighted by Gasteiger charge is -2.04. The number of hydrogen-bond donors (Lipinski definition) is 1. The van der Waals surface area contributed by atoms with Crippen molar-refractivity contribution in [2.75, 3.05) is 0 Å². The fraction of sp³-hybridized carbons (Fsp3) is 1.00. The summed E-state index contributed by atoms with van der Waals surface area (Å²) in [5.74, 6) is 0. The zero-order chi connectivity index (χ0) is 12.2. The Kier molecular flexibility index (Phi) is 13.9. The van der Waals surface area contributed by atoms with Gasteiger partial charge >= 0.3 is 0 Å². The van der Waals surface area contributed by atoms with Gasteiger partial charge in [0.25, 0.3) is 0 Å². The topological polar surface area (TPSA) is 20.2 Å². The van der Waals surface area contributed by atoms with E-state index in [1.54, 1.807) is 20.8 Å². The van der Waals surface area contributed by atoms with Gasteiger partial charge in [0.05, 0.1) is 5.60 Å². The van der Waals surface area contributed by atoms with Crippen molar-refractivity contribution in [3.63, 3.8) is 0 Å². The van der Waals surface area contributed by atoms with Gasteiger partial charge < -0.3 is 5.11 Å². The summed E-state index contributed by atoms with van der Waals surface area (Å²) >= 11 is 0. The molecule has 1 nitrogen and oxygen atoms in total. The van der Waals surface area contributed by atoms with E-state index in [-0.39, 0.29) is 0 Å². The van der Waals surface area contributed by atoms with Gasteiger partial charge in [0.2, 0.25) is 0 Å². The number of hydrogen-bond acceptors (Lipinski definition) is 1. The predicted molar refractivity (Wildman–Crippen MR) is 70.3 cm³/mol. The lowest BCUT2D eigenvalue weighted by Crippen LogP contribution is -2.10. The van der Waals surface area contributed by atoms with E-state index in [1.165, 1.54) is 51.4 Å². The van der Waals surface area contributed by atoms with Crippen LogP contribution in [-0.2, 0) is 0 Å². The van der Waals surface area contributed by atoms with Gasteiger partial charge in [0.15, 0.2) is 0 Å². The zero-order valence-electron chi connectivity index (χ0n) is 11.6. The van der Waals surface area contributed by atoms with Crippen molar-refractivity contribution in [1.29, 1.82) is 0 Å². The third kappa shape index (κ3) is 41.2. The average Bonchev–Trinajstić information content (AvgIpc) is 2.08. The first-order valence-corrected chi connectivity index (χ1v) is 6.64. The predicted octanol–water partition coefficient (Wildman–Crippen LogP) is 4.92. The Morgan fingerprint density at radius 3 is 1.07 bits per heavy atom. The number of aliphatic hydroxyl groups is 1. The van der Waals surface area contributed by atoms with Gasteiger partial charge in [-0.15, -0.1) is 0 Å². The molecule has 0 fully saturated rings. The molecule has 0 aliphatic carbocycles. The Bertz CT molecular complexity index is 88.4. The van der Waals surface area contributed by atoms with Crippen LogP contribution < -0.4 is 0 Å². The molecule has 0 spiro atoms. The van der Waals surface area contributed by atoms with Crippen LogP contribution in [0.25, 0.3) is 0 Å². The van der Waals surface area contributed by atoms with Gasteiger partial charge in [-0.05, 0) is 20.8 Å². The largest absolute Gasteiger partial charge is 0.391 e. The summed E-state index contributed by atoms with van der Waals surface area (Å²) in [7, 11) is 0. The minimum absolute atomic E-state index is 0.500. The zero-order valence-corrected chi connectivity index (χ0v) is 11.6. The summed E-state index contributed by atoms with van der Waals surface area (Å²) < 4.78 is 0. The Morgan fingerprint density at radius 2 is 0.867 bits per heavy atom. The molecule has 0 saturated carbocycles. The number of rotatable bonds is 7. The van der Waals surface area contributed by atoms with Crippen molar-refractivity contribution in [2.45, 2.75) is 91.6 Å². The first-order valence-electron chi connectivity index (χ1n) is 6.64. The monoisotopic (exact) mass is 216 g/mol. The molecule has 0 bridgehead atoms. The van der Waals surface area contributed by atoms with Crippen molar-refractivity contribution in [3.05, 3.63) is 0 Å². The highest BCUT2D eigenvalue weighted by Gasteiger charge is 1.97. The fourth-order valence-electron chi connectivity index (χ4n) is 1.21. The molecule has 1 N–H and O–H groups in total. The maximum atomic E-state index is 8.52. The Morgan fingerprint density at radius 1 is 0.667 bits per heavy atom. The van der Waals surface area contributed by atoms with E-state index >= 15 is 0 Å². The third-order valence-corrected chi connectivity index (χ3v) is 1.96. The molecule has 94 valence electrons. The first-order chi connectivity index (χ1) is 6.91. The second kappa shape index (κ2) is 12.0. The maximum Gasteiger partial charge on any atom is 0.0563 e. The van der Waals surface area contributed by atoms with E-state index in [9.17, 15) is 0 Å². The van der Waals surface area contributed by atoms with E-state index in [0.717, 1.165) is 0 Å². The quantitative estimate of drug-likeness (QED) is 0.599. The highest BCUT2D eigenvalue weighted by Crippen LogP contribution is 2.07. The van der Waals surface area contributed by atoms with Crippen molar-refractivity contribution in [1.82, 2.24) is 0 Å². The summed E-state index contributed by atoms with van der Waals surface area (Å²) in [6.45, 7) is 9.77. The SMILES string of the molecule is CC(C)(C)O.CCCCCCCCCC. The molecule has 0 aromatic heterocycles. The highest BCUT2D eigenvalue weighted by atomic mass is 16.3. The van der Waals surface area contributed by atoms with Crippen molar-refractivity contribution in [2.24, 2.45) is 0 Å². The summed E-state index contributed by atoms with van der Waals surface area (Å²) in [4.78, 5) is 0. The van der Waals surface area contributed by atoms with Crippen LogP contribution in [-0.4, -0.2) is 10.7 Å². The van der Waals surface area contributed by atoms with Crippen molar-refractivity contribution >= 4 is 0 Å². The Balaban J connectivity index is 0. The normalized spacial score (nSPS) is 10.8. The maximum absolute atomic E-state index is 8.52. The summed E-state index contributed by atoms with van der Waals surface area (Å²) in [6, 6.07) is 0. The van der Waals surface area contributed by atoms with Gasteiger partial charge in [-0.3, -0.25) is 0 Å². The lowest BCUT2D eigenvalue weighted by atomic mass is 10.1. The van der Waals surface area contributed by atoms with E-state index < -0.39 is 5.60 Å². The molecule has 0 amide bonds. The van der Waals surface area contributed by atoms with E-state index in [1.807, 2.05) is 0 Å². The van der Waals surface area contributed by atoms with Crippen LogP contribution in [0.5, 0.6) is 0 Å². The van der Waals surface area contributed by atoms with Crippen molar-refractivity contribution < 1.29 is 5.11 Å². The van der Waals surface area contributed by atoms with Gasteiger partial charge in [0.1, 0.15) is 0 Å². The molecule has 0 aromatic carbocycles. The van der Waals surface area contributed by atoms with Crippen LogP contribution >= 0.6 is 0 Å². The van der Waals surface area contributed by atoms with E-state index in [4.69, 9.17) is 5.11 Å². The van der Waals surface area contributed by atoms with Crippen molar-refractivity contribution in [3.8, 4) is 0 Å². The second-order valence-electron chi connectivity index (χ2n) is 5.29. The molecular weight excluding hydrogens is 184 g/mol. The molecule has 0 rings (SSSR count). The molecule has 0 aromatic rings. The molecule has 0 aliphatic rings. The minimum atomic E-state index is -0.500. The molecule has 1 heteroatoms. The summed E-state index contributed by atoms with van der Waals surface area (Å²) in [6.07, 6.45) is 11.5. The molecule has 0 atom stereocenters. The standard InChI is InChI=1S/C10H22.C4H10O/c1-3-5-7-9-10-8-6-4-2;1-4(2,3)5/h3-10H2,1-2H3;5H,1-3H3. The Hall–Kier alpha value is -0.0400. The summed E-state index contributed by atoms with van der Waals surface area (Å²) in [5, 5.41) is 8.52. The number of unbranched alkanes of at least 4 members (excludes halogenated alkanes) is 7. The molecular formula is C14H32O.